The van der Waals surface area contributed by atoms with Crippen molar-refractivity contribution in [2.45, 2.75) is 12.8 Å². The molecule has 1 aromatic heterocycles. The second-order valence-corrected chi connectivity index (χ2v) is 4.44. The maximum Gasteiger partial charge on any atom is 0.0697 e. The topological polar surface area (TPSA) is 42.4 Å². The highest BCUT2D eigenvalue weighted by atomic mass is 16.5. The van der Waals surface area contributed by atoms with Crippen molar-refractivity contribution in [1.82, 2.24) is 4.98 Å². The first-order chi connectivity index (χ1) is 9.38. The van der Waals surface area contributed by atoms with Gasteiger partial charge in [0.1, 0.15) is 0 Å². The summed E-state index contributed by atoms with van der Waals surface area (Å²) in [5.74, 6) is 0. The minimum atomic E-state index is 0.0874. The van der Waals surface area contributed by atoms with E-state index in [2.05, 4.69) is 35.3 Å². The summed E-state index contributed by atoms with van der Waals surface area (Å²) in [5, 5.41) is 8.61. The number of hydrogen-bond donors (Lipinski definition) is 1. The van der Waals surface area contributed by atoms with Crippen LogP contribution in [-0.2, 0) is 17.6 Å². The first-order valence-electron chi connectivity index (χ1n) is 6.54. The van der Waals surface area contributed by atoms with Crippen LogP contribution >= 0.6 is 0 Å². The van der Waals surface area contributed by atoms with Crippen molar-refractivity contribution >= 4 is 0 Å². The zero-order chi connectivity index (χ0) is 13.3. The maximum absolute atomic E-state index is 8.61. The van der Waals surface area contributed by atoms with E-state index in [0.29, 0.717) is 13.2 Å². The molecule has 0 saturated heterocycles. The van der Waals surface area contributed by atoms with Crippen molar-refractivity contribution in [3.8, 4) is 0 Å². The van der Waals surface area contributed by atoms with Gasteiger partial charge in [0.05, 0.1) is 19.8 Å². The van der Waals surface area contributed by atoms with Gasteiger partial charge in [-0.15, -0.1) is 0 Å². The Morgan fingerprint density at radius 2 is 1.74 bits per heavy atom. The molecule has 1 aromatic carbocycles. The van der Waals surface area contributed by atoms with Crippen molar-refractivity contribution < 1.29 is 9.84 Å². The molecule has 0 saturated carbocycles. The Kier molecular flexibility index (Phi) is 5.53. The molecule has 0 amide bonds. The number of nitrogens with zero attached hydrogens (tertiary/aromatic N) is 1. The second kappa shape index (κ2) is 7.67. The number of hydrogen-bond acceptors (Lipinski definition) is 3. The SMILES string of the molecule is OCCOCCc1ccc(Cc2cccnc2)cc1. The van der Waals surface area contributed by atoms with Gasteiger partial charge in [-0.25, -0.2) is 0 Å². The summed E-state index contributed by atoms with van der Waals surface area (Å²) < 4.78 is 5.25. The number of pyridine rings is 1. The first-order valence-corrected chi connectivity index (χ1v) is 6.54. The summed E-state index contributed by atoms with van der Waals surface area (Å²) >= 11 is 0. The molecule has 100 valence electrons. The number of aromatic nitrogens is 1. The average Bonchev–Trinajstić information content (AvgIpc) is 2.46. The Balaban J connectivity index is 1.84. The number of aliphatic hydroxyl groups excluding tert-OH is 1. The third kappa shape index (κ3) is 4.81. The fraction of sp³-hybridized carbons (Fsp3) is 0.312. The van der Waals surface area contributed by atoms with E-state index in [1.165, 1.54) is 16.7 Å². The summed E-state index contributed by atoms with van der Waals surface area (Å²) in [5.41, 5.74) is 3.77. The Morgan fingerprint density at radius 1 is 0.947 bits per heavy atom. The fourth-order valence-corrected chi connectivity index (χ4v) is 1.92. The molecule has 0 aliphatic rings. The second-order valence-electron chi connectivity index (χ2n) is 4.44. The zero-order valence-electron chi connectivity index (χ0n) is 11.0. The molecular weight excluding hydrogens is 238 g/mol. The zero-order valence-corrected chi connectivity index (χ0v) is 11.0. The molecule has 0 aliphatic carbocycles. The molecule has 0 unspecified atom stereocenters. The number of rotatable bonds is 7. The van der Waals surface area contributed by atoms with Crippen LogP contribution in [0.25, 0.3) is 0 Å². The van der Waals surface area contributed by atoms with E-state index in [0.717, 1.165) is 12.8 Å². The smallest absolute Gasteiger partial charge is 0.0697 e. The minimum Gasteiger partial charge on any atom is -0.394 e. The van der Waals surface area contributed by atoms with Gasteiger partial charge < -0.3 is 9.84 Å². The molecule has 0 radical (unpaired) electrons. The van der Waals surface area contributed by atoms with Gasteiger partial charge in [0.15, 0.2) is 0 Å². The van der Waals surface area contributed by atoms with Crippen LogP contribution in [0.4, 0.5) is 0 Å². The molecule has 0 atom stereocenters. The summed E-state index contributed by atoms with van der Waals surface area (Å²) in [6, 6.07) is 12.6. The van der Waals surface area contributed by atoms with Crippen molar-refractivity contribution in [3.63, 3.8) is 0 Å². The summed E-state index contributed by atoms with van der Waals surface area (Å²) in [7, 11) is 0. The van der Waals surface area contributed by atoms with E-state index in [1.54, 1.807) is 6.20 Å². The number of ether oxygens (including phenoxy) is 1. The lowest BCUT2D eigenvalue weighted by molar-refractivity contribution is 0.0944. The van der Waals surface area contributed by atoms with Crippen molar-refractivity contribution in [3.05, 3.63) is 65.5 Å². The maximum atomic E-state index is 8.61. The highest BCUT2D eigenvalue weighted by Gasteiger charge is 1.98. The lowest BCUT2D eigenvalue weighted by atomic mass is 10.0. The summed E-state index contributed by atoms with van der Waals surface area (Å²) in [4.78, 5) is 4.12. The molecule has 1 N–H and O–H groups in total. The van der Waals surface area contributed by atoms with E-state index in [4.69, 9.17) is 9.84 Å². The molecule has 2 rings (SSSR count). The van der Waals surface area contributed by atoms with E-state index in [9.17, 15) is 0 Å². The van der Waals surface area contributed by atoms with Gasteiger partial charge in [0.25, 0.3) is 0 Å². The lowest BCUT2D eigenvalue weighted by Crippen LogP contribution is -2.03. The molecule has 0 fully saturated rings. The summed E-state index contributed by atoms with van der Waals surface area (Å²) in [6.07, 6.45) is 5.48. The van der Waals surface area contributed by atoms with E-state index in [1.807, 2.05) is 12.3 Å². The predicted molar refractivity (Wildman–Crippen MR) is 75.1 cm³/mol. The van der Waals surface area contributed by atoms with Gasteiger partial charge in [-0.1, -0.05) is 30.3 Å². The van der Waals surface area contributed by atoms with Crippen LogP contribution in [0.15, 0.2) is 48.8 Å². The van der Waals surface area contributed by atoms with E-state index < -0.39 is 0 Å². The fourth-order valence-electron chi connectivity index (χ4n) is 1.92. The van der Waals surface area contributed by atoms with Crippen LogP contribution in [0.2, 0.25) is 0 Å². The van der Waals surface area contributed by atoms with E-state index in [-0.39, 0.29) is 6.61 Å². The van der Waals surface area contributed by atoms with Crippen LogP contribution in [0.3, 0.4) is 0 Å². The molecule has 0 aliphatic heterocycles. The van der Waals surface area contributed by atoms with Gasteiger partial charge in [-0.3, -0.25) is 4.98 Å². The van der Waals surface area contributed by atoms with Crippen molar-refractivity contribution in [1.29, 1.82) is 0 Å². The van der Waals surface area contributed by atoms with Crippen LogP contribution in [0.5, 0.6) is 0 Å². The molecule has 2 aromatic rings. The van der Waals surface area contributed by atoms with Crippen molar-refractivity contribution in [2.75, 3.05) is 19.8 Å². The third-order valence-electron chi connectivity index (χ3n) is 2.92. The predicted octanol–water partition coefficient (Wildman–Crippen LogP) is 2.22. The Labute approximate surface area is 113 Å². The Hall–Kier alpha value is -1.71. The monoisotopic (exact) mass is 257 g/mol. The van der Waals surface area contributed by atoms with Gasteiger partial charge in [0, 0.05) is 12.4 Å². The minimum absolute atomic E-state index is 0.0874. The van der Waals surface area contributed by atoms with Gasteiger partial charge in [-0.2, -0.15) is 0 Å². The van der Waals surface area contributed by atoms with Crippen LogP contribution in [0, 0.1) is 0 Å². The largest absolute Gasteiger partial charge is 0.394 e. The number of benzene rings is 1. The third-order valence-corrected chi connectivity index (χ3v) is 2.92. The van der Waals surface area contributed by atoms with Crippen molar-refractivity contribution in [2.24, 2.45) is 0 Å². The quantitative estimate of drug-likeness (QED) is 0.773. The normalized spacial score (nSPS) is 10.6. The van der Waals surface area contributed by atoms with Gasteiger partial charge in [0.2, 0.25) is 0 Å². The molecule has 0 bridgehead atoms. The summed E-state index contributed by atoms with van der Waals surface area (Å²) in [6.45, 7) is 1.16. The standard InChI is InChI=1S/C16H19NO2/c18-9-11-19-10-7-14-3-5-15(6-4-14)12-16-2-1-8-17-13-16/h1-6,8,13,18H,7,9-12H2. The first kappa shape index (κ1) is 13.7. The Morgan fingerprint density at radius 3 is 2.42 bits per heavy atom. The molecular formula is C16H19NO2. The molecule has 19 heavy (non-hydrogen) atoms. The van der Waals surface area contributed by atoms with Crippen LogP contribution in [0.1, 0.15) is 16.7 Å². The molecule has 3 heteroatoms. The molecule has 3 nitrogen and oxygen atoms in total. The van der Waals surface area contributed by atoms with Gasteiger partial charge in [-0.05, 0) is 35.6 Å². The highest BCUT2D eigenvalue weighted by molar-refractivity contribution is 5.27. The van der Waals surface area contributed by atoms with Crippen LogP contribution in [-0.4, -0.2) is 29.9 Å². The highest BCUT2D eigenvalue weighted by Crippen LogP contribution is 2.10. The van der Waals surface area contributed by atoms with Gasteiger partial charge >= 0.3 is 0 Å². The molecule has 1 heterocycles. The average molecular weight is 257 g/mol. The lowest BCUT2D eigenvalue weighted by Gasteiger charge is -2.05. The van der Waals surface area contributed by atoms with E-state index >= 15 is 0 Å². The molecule has 0 spiro atoms. The number of aliphatic hydroxyl groups is 1. The van der Waals surface area contributed by atoms with Crippen LogP contribution < -0.4 is 0 Å². The Bertz CT molecular complexity index is 468.